The fraction of sp³-hybridized carbons (Fsp3) is 0.741. The van der Waals surface area contributed by atoms with Gasteiger partial charge in [0.15, 0.2) is 0 Å². The third-order valence-electron chi connectivity index (χ3n) is 11.9. The van der Waals surface area contributed by atoms with Crippen LogP contribution in [-0.4, -0.2) is 11.9 Å². The molecule has 0 bridgehead atoms. The van der Waals surface area contributed by atoms with Gasteiger partial charge in [-0.2, -0.15) is 0 Å². The second kappa shape index (κ2) is 38.5. The standard InChI is InChI=1S/C54H92N2.Ni/c1-6-11-12-13-14-15-16-17-18-19-20-21-22-23-24-25-26-27-28-29-30-31-32-33-34-35-40-54(56-53-44-42-49(37-8-3)51(46-53)39-10-5)47-55-52-43-41-48(36-7-2)50(45-52)38-9-4;/h41-47H,6-40H2,1-5H3;/b55-47+,56-54+;. The summed E-state index contributed by atoms with van der Waals surface area (Å²) in [6.07, 6.45) is 49.6. The predicted molar refractivity (Wildman–Crippen MR) is 254 cm³/mol. The molecule has 0 radical (unpaired) electrons. The summed E-state index contributed by atoms with van der Waals surface area (Å²) in [6.45, 7) is 11.4. The maximum absolute atomic E-state index is 5.22. The number of rotatable bonds is 38. The van der Waals surface area contributed by atoms with Crippen molar-refractivity contribution in [3.8, 4) is 0 Å². The molecule has 0 amide bonds. The van der Waals surface area contributed by atoms with Gasteiger partial charge in [0.25, 0.3) is 0 Å². The first-order valence-electron chi connectivity index (χ1n) is 25.0. The number of aryl methyl sites for hydroxylation is 4. The molecule has 2 rings (SSSR count). The van der Waals surface area contributed by atoms with Gasteiger partial charge in [0.2, 0.25) is 0 Å². The number of hydrogen-bond donors (Lipinski definition) is 0. The van der Waals surface area contributed by atoms with Gasteiger partial charge in [-0.25, -0.2) is 0 Å². The molecule has 0 N–H and O–H groups in total. The molecule has 0 saturated carbocycles. The van der Waals surface area contributed by atoms with E-state index in [0.29, 0.717) is 0 Å². The third kappa shape index (κ3) is 27.6. The Balaban J connectivity index is 0.0000162. The molecule has 0 aliphatic rings. The zero-order valence-corrected chi connectivity index (χ0v) is 39.5. The van der Waals surface area contributed by atoms with E-state index in [9.17, 15) is 0 Å². The van der Waals surface area contributed by atoms with Gasteiger partial charge < -0.3 is 0 Å². The van der Waals surface area contributed by atoms with Crippen molar-refractivity contribution >= 4 is 23.3 Å². The summed E-state index contributed by atoms with van der Waals surface area (Å²) in [5.41, 5.74) is 9.20. The first kappa shape index (κ1) is 53.3. The van der Waals surface area contributed by atoms with Crippen molar-refractivity contribution in [3.05, 3.63) is 58.7 Å². The molecule has 2 nitrogen and oxygen atoms in total. The summed E-state index contributed by atoms with van der Waals surface area (Å²) in [5.74, 6) is 0. The van der Waals surface area contributed by atoms with Crippen LogP contribution in [0.4, 0.5) is 11.4 Å². The average molecular weight is 828 g/mol. The van der Waals surface area contributed by atoms with Gasteiger partial charge in [-0.15, -0.1) is 0 Å². The summed E-state index contributed by atoms with van der Waals surface area (Å²) in [4.78, 5) is 10.2. The van der Waals surface area contributed by atoms with E-state index in [1.807, 2.05) is 0 Å². The summed E-state index contributed by atoms with van der Waals surface area (Å²) in [7, 11) is 0. The average Bonchev–Trinajstić information content (AvgIpc) is 3.20. The van der Waals surface area contributed by atoms with Crippen LogP contribution in [0.2, 0.25) is 0 Å². The number of nitrogens with zero attached hydrogens (tertiary/aromatic N) is 2. The molecule has 57 heavy (non-hydrogen) atoms. The van der Waals surface area contributed by atoms with Crippen LogP contribution >= 0.6 is 0 Å². The third-order valence-corrected chi connectivity index (χ3v) is 11.9. The van der Waals surface area contributed by atoms with Crippen LogP contribution in [0, 0.1) is 0 Å². The van der Waals surface area contributed by atoms with E-state index in [4.69, 9.17) is 9.98 Å². The van der Waals surface area contributed by atoms with Crippen molar-refractivity contribution in [2.75, 3.05) is 0 Å². The van der Waals surface area contributed by atoms with Crippen molar-refractivity contribution < 1.29 is 16.5 Å². The molecule has 0 aromatic heterocycles. The molecule has 2 aromatic rings. The minimum atomic E-state index is 0. The van der Waals surface area contributed by atoms with Gasteiger partial charge in [-0.3, -0.25) is 9.98 Å². The molecule has 0 aliphatic carbocycles. The zero-order chi connectivity index (χ0) is 40.2. The predicted octanol–water partition coefficient (Wildman–Crippen LogP) is 18.5. The Morgan fingerprint density at radius 2 is 0.684 bits per heavy atom. The molecule has 328 valence electrons. The summed E-state index contributed by atoms with van der Waals surface area (Å²) in [6, 6.07) is 13.7. The van der Waals surface area contributed by atoms with E-state index in [-0.39, 0.29) is 16.5 Å². The van der Waals surface area contributed by atoms with Gasteiger partial charge in [-0.05, 0) is 85.0 Å². The van der Waals surface area contributed by atoms with Crippen LogP contribution < -0.4 is 0 Å². The summed E-state index contributed by atoms with van der Waals surface area (Å²) >= 11 is 0. The van der Waals surface area contributed by atoms with Crippen LogP contribution in [0.5, 0.6) is 0 Å². The monoisotopic (exact) mass is 827 g/mol. The molecule has 0 heterocycles. The maximum Gasteiger partial charge on any atom is 0.0636 e. The molecule has 0 atom stereocenters. The molecule has 3 heteroatoms. The molecule has 2 aromatic carbocycles. The number of unbranched alkanes of at least 4 members (excludes halogenated alkanes) is 25. The Kier molecular flexibility index (Phi) is 36.0. The molecular weight excluding hydrogens is 735 g/mol. The van der Waals surface area contributed by atoms with Crippen LogP contribution in [-0.2, 0) is 42.2 Å². The second-order valence-corrected chi connectivity index (χ2v) is 17.4. The van der Waals surface area contributed by atoms with Gasteiger partial charge in [0, 0.05) is 22.7 Å². The largest absolute Gasteiger partial charge is 0.255 e. The first-order chi connectivity index (χ1) is 27.6. The van der Waals surface area contributed by atoms with Crippen molar-refractivity contribution in [2.45, 2.75) is 259 Å². The molecule has 0 spiro atoms. The van der Waals surface area contributed by atoms with E-state index >= 15 is 0 Å². The van der Waals surface area contributed by atoms with Crippen LogP contribution in [0.3, 0.4) is 0 Å². The Morgan fingerprint density at radius 3 is 1.05 bits per heavy atom. The quantitative estimate of drug-likeness (QED) is 0.0366. The van der Waals surface area contributed by atoms with E-state index in [2.05, 4.69) is 77.2 Å². The molecule has 0 saturated heterocycles. The Morgan fingerprint density at radius 1 is 0.368 bits per heavy atom. The zero-order valence-electron chi connectivity index (χ0n) is 38.5. The topological polar surface area (TPSA) is 24.7 Å². The number of hydrogen-bond acceptors (Lipinski definition) is 2. The van der Waals surface area contributed by atoms with E-state index in [0.717, 1.165) is 49.2 Å². The smallest absolute Gasteiger partial charge is 0.0636 e. The number of benzene rings is 2. The van der Waals surface area contributed by atoms with Crippen molar-refractivity contribution in [2.24, 2.45) is 9.98 Å². The fourth-order valence-corrected chi connectivity index (χ4v) is 8.49. The molecule has 0 fully saturated rings. The van der Waals surface area contributed by atoms with Gasteiger partial charge in [0.05, 0.1) is 17.1 Å². The Bertz CT molecular complexity index is 1260. The molecule has 0 unspecified atom stereocenters. The van der Waals surface area contributed by atoms with Gasteiger partial charge >= 0.3 is 0 Å². The van der Waals surface area contributed by atoms with E-state index < -0.39 is 0 Å². The van der Waals surface area contributed by atoms with Crippen LogP contribution in [0.25, 0.3) is 0 Å². The van der Waals surface area contributed by atoms with E-state index in [1.54, 1.807) is 0 Å². The maximum atomic E-state index is 5.22. The van der Waals surface area contributed by atoms with Crippen LogP contribution in [0.15, 0.2) is 46.4 Å². The second-order valence-electron chi connectivity index (χ2n) is 17.4. The first-order valence-corrected chi connectivity index (χ1v) is 25.0. The van der Waals surface area contributed by atoms with E-state index in [1.165, 1.54) is 215 Å². The van der Waals surface area contributed by atoms with Crippen molar-refractivity contribution in [1.82, 2.24) is 0 Å². The van der Waals surface area contributed by atoms with Gasteiger partial charge in [-0.1, -0.05) is 233 Å². The summed E-state index contributed by atoms with van der Waals surface area (Å²) in [5, 5.41) is 0. The normalized spacial score (nSPS) is 11.8. The number of aliphatic imine (C=N–C) groups is 2. The summed E-state index contributed by atoms with van der Waals surface area (Å²) < 4.78 is 0. The minimum absolute atomic E-state index is 0. The molecule has 0 aliphatic heterocycles. The minimum Gasteiger partial charge on any atom is -0.255 e. The van der Waals surface area contributed by atoms with Crippen molar-refractivity contribution in [1.29, 1.82) is 0 Å². The van der Waals surface area contributed by atoms with Crippen molar-refractivity contribution in [3.63, 3.8) is 0 Å². The Labute approximate surface area is 366 Å². The van der Waals surface area contributed by atoms with Crippen LogP contribution in [0.1, 0.15) is 256 Å². The Hall–Kier alpha value is -1.73. The molecular formula is C54H92N2Ni. The van der Waals surface area contributed by atoms with Gasteiger partial charge in [0.1, 0.15) is 0 Å². The fourth-order valence-electron chi connectivity index (χ4n) is 8.49. The SMILES string of the molecule is CCCCCCCCCCCCCCCCCCCCCCCCCCCCC(/C=N/c1ccc(CCC)c(CCC)c1)=N\c1ccc(CCC)c(CCC)c1.[Ni].